The number of likely N-dealkylation sites (tertiary alicyclic amines) is 1. The van der Waals surface area contributed by atoms with Crippen molar-refractivity contribution in [2.24, 2.45) is 0 Å². The Bertz CT molecular complexity index is 236. The molecule has 2 saturated heterocycles. The van der Waals surface area contributed by atoms with Crippen molar-refractivity contribution in [3.8, 4) is 0 Å². The van der Waals surface area contributed by atoms with Crippen LogP contribution in [0.15, 0.2) is 0 Å². The number of piperidine rings is 1. The fraction of sp³-hybridized carbons (Fsp3) is 0.909. The first kappa shape index (κ1) is 10.9. The molecule has 2 rings (SSSR count). The summed E-state index contributed by atoms with van der Waals surface area (Å²) in [7, 11) is 4.07. The van der Waals surface area contributed by atoms with Gasteiger partial charge in [0.2, 0.25) is 5.91 Å². The molecule has 0 N–H and O–H groups in total. The Morgan fingerprint density at radius 2 is 1.73 bits per heavy atom. The van der Waals surface area contributed by atoms with Gasteiger partial charge >= 0.3 is 0 Å². The fourth-order valence-corrected chi connectivity index (χ4v) is 2.43. The Labute approximate surface area is 91.8 Å². The van der Waals surface area contributed by atoms with Gasteiger partial charge in [-0.3, -0.25) is 9.69 Å². The monoisotopic (exact) mass is 211 g/mol. The summed E-state index contributed by atoms with van der Waals surface area (Å²) in [6, 6.07) is 0.502. The molecule has 86 valence electrons. The molecule has 0 aliphatic carbocycles. The van der Waals surface area contributed by atoms with Crippen molar-refractivity contribution in [3.05, 3.63) is 0 Å². The summed E-state index contributed by atoms with van der Waals surface area (Å²) in [5, 5.41) is 0. The molecule has 0 radical (unpaired) electrons. The van der Waals surface area contributed by atoms with Crippen LogP contribution < -0.4 is 0 Å². The molecule has 15 heavy (non-hydrogen) atoms. The van der Waals surface area contributed by atoms with Crippen molar-refractivity contribution in [1.82, 2.24) is 14.7 Å². The Kier molecular flexibility index (Phi) is 3.26. The van der Waals surface area contributed by atoms with Crippen LogP contribution in [-0.2, 0) is 4.79 Å². The SMILES string of the molecule is CN1CCN(C2CCN(C)C(=O)C2)CC1. The minimum Gasteiger partial charge on any atom is -0.346 e. The lowest BCUT2D eigenvalue weighted by Gasteiger charge is -2.40. The molecule has 0 spiro atoms. The zero-order valence-corrected chi connectivity index (χ0v) is 9.78. The maximum absolute atomic E-state index is 11.6. The molecule has 0 bridgehead atoms. The normalized spacial score (nSPS) is 30.9. The molecule has 1 atom stereocenters. The molecule has 0 aromatic heterocycles. The van der Waals surface area contributed by atoms with Gasteiger partial charge in [0.15, 0.2) is 0 Å². The van der Waals surface area contributed by atoms with E-state index in [1.807, 2.05) is 11.9 Å². The van der Waals surface area contributed by atoms with Gasteiger partial charge in [-0.15, -0.1) is 0 Å². The van der Waals surface area contributed by atoms with Gasteiger partial charge in [-0.05, 0) is 13.5 Å². The van der Waals surface area contributed by atoms with Gasteiger partial charge < -0.3 is 9.80 Å². The number of carbonyl (C=O) groups excluding carboxylic acids is 1. The highest BCUT2D eigenvalue weighted by Gasteiger charge is 2.29. The topological polar surface area (TPSA) is 26.8 Å². The quantitative estimate of drug-likeness (QED) is 0.604. The molecule has 2 aliphatic heterocycles. The van der Waals surface area contributed by atoms with E-state index < -0.39 is 0 Å². The molecule has 0 aromatic rings. The summed E-state index contributed by atoms with van der Waals surface area (Å²) in [6.07, 6.45) is 1.87. The van der Waals surface area contributed by atoms with Crippen LogP contribution in [0.4, 0.5) is 0 Å². The number of rotatable bonds is 1. The van der Waals surface area contributed by atoms with Crippen LogP contribution >= 0.6 is 0 Å². The van der Waals surface area contributed by atoms with E-state index in [1.165, 1.54) is 0 Å². The molecular weight excluding hydrogens is 190 g/mol. The highest BCUT2D eigenvalue weighted by molar-refractivity contribution is 5.77. The number of nitrogens with zero attached hydrogens (tertiary/aromatic N) is 3. The number of likely N-dealkylation sites (N-methyl/N-ethyl adjacent to an activating group) is 1. The smallest absolute Gasteiger partial charge is 0.223 e. The van der Waals surface area contributed by atoms with Crippen LogP contribution in [0.3, 0.4) is 0 Å². The lowest BCUT2D eigenvalue weighted by atomic mass is 10.0. The van der Waals surface area contributed by atoms with E-state index in [1.54, 1.807) is 0 Å². The largest absolute Gasteiger partial charge is 0.346 e. The van der Waals surface area contributed by atoms with E-state index in [-0.39, 0.29) is 0 Å². The molecule has 0 saturated carbocycles. The van der Waals surface area contributed by atoms with Gasteiger partial charge in [0.05, 0.1) is 0 Å². The molecule has 4 nitrogen and oxygen atoms in total. The standard InChI is InChI=1S/C11H21N3O/c1-12-5-7-14(8-6-12)10-3-4-13(2)11(15)9-10/h10H,3-9H2,1-2H3. The Morgan fingerprint density at radius 3 is 2.33 bits per heavy atom. The first-order valence-electron chi connectivity index (χ1n) is 5.83. The predicted molar refractivity (Wildman–Crippen MR) is 59.7 cm³/mol. The zero-order chi connectivity index (χ0) is 10.8. The number of hydrogen-bond donors (Lipinski definition) is 0. The maximum Gasteiger partial charge on any atom is 0.223 e. The van der Waals surface area contributed by atoms with Crippen LogP contribution in [0.1, 0.15) is 12.8 Å². The molecule has 2 aliphatic rings. The van der Waals surface area contributed by atoms with Gasteiger partial charge in [-0.1, -0.05) is 0 Å². The van der Waals surface area contributed by atoms with E-state index in [2.05, 4.69) is 16.8 Å². The van der Waals surface area contributed by atoms with Crippen LogP contribution in [0.5, 0.6) is 0 Å². The van der Waals surface area contributed by atoms with Crippen LogP contribution in [-0.4, -0.2) is 73.5 Å². The molecular formula is C11H21N3O. The first-order chi connectivity index (χ1) is 7.16. The number of carbonyl (C=O) groups is 1. The lowest BCUT2D eigenvalue weighted by Crippen LogP contribution is -2.53. The molecule has 4 heteroatoms. The molecule has 2 fully saturated rings. The summed E-state index contributed by atoms with van der Waals surface area (Å²) in [4.78, 5) is 18.3. The van der Waals surface area contributed by atoms with Crippen LogP contribution in [0.25, 0.3) is 0 Å². The van der Waals surface area contributed by atoms with Crippen molar-refractivity contribution in [1.29, 1.82) is 0 Å². The van der Waals surface area contributed by atoms with Crippen molar-refractivity contribution in [2.75, 3.05) is 46.8 Å². The Balaban J connectivity index is 1.86. The van der Waals surface area contributed by atoms with E-state index in [0.717, 1.165) is 45.6 Å². The van der Waals surface area contributed by atoms with Gasteiger partial charge in [-0.25, -0.2) is 0 Å². The third-order valence-corrected chi connectivity index (χ3v) is 3.69. The van der Waals surface area contributed by atoms with Gasteiger partial charge in [0.1, 0.15) is 0 Å². The minimum atomic E-state index is 0.310. The van der Waals surface area contributed by atoms with E-state index in [9.17, 15) is 4.79 Å². The van der Waals surface area contributed by atoms with E-state index in [4.69, 9.17) is 0 Å². The second-order valence-electron chi connectivity index (χ2n) is 4.80. The first-order valence-corrected chi connectivity index (χ1v) is 5.83. The van der Waals surface area contributed by atoms with Crippen molar-refractivity contribution < 1.29 is 4.79 Å². The average Bonchev–Trinajstić information content (AvgIpc) is 2.23. The van der Waals surface area contributed by atoms with Crippen LogP contribution in [0, 0.1) is 0 Å². The third kappa shape index (κ3) is 2.49. The second kappa shape index (κ2) is 4.49. The fourth-order valence-electron chi connectivity index (χ4n) is 2.43. The number of amides is 1. The average molecular weight is 211 g/mol. The zero-order valence-electron chi connectivity index (χ0n) is 9.78. The van der Waals surface area contributed by atoms with Gasteiger partial charge in [0, 0.05) is 52.2 Å². The van der Waals surface area contributed by atoms with Gasteiger partial charge in [0.25, 0.3) is 0 Å². The summed E-state index contributed by atoms with van der Waals surface area (Å²) < 4.78 is 0. The van der Waals surface area contributed by atoms with E-state index >= 15 is 0 Å². The van der Waals surface area contributed by atoms with Gasteiger partial charge in [-0.2, -0.15) is 0 Å². The third-order valence-electron chi connectivity index (χ3n) is 3.69. The summed E-state index contributed by atoms with van der Waals surface area (Å²) in [6.45, 7) is 5.45. The Morgan fingerprint density at radius 1 is 1.07 bits per heavy atom. The maximum atomic E-state index is 11.6. The summed E-state index contributed by atoms with van der Waals surface area (Å²) in [5.41, 5.74) is 0. The molecule has 1 unspecified atom stereocenters. The highest BCUT2D eigenvalue weighted by Crippen LogP contribution is 2.17. The van der Waals surface area contributed by atoms with Crippen molar-refractivity contribution in [3.63, 3.8) is 0 Å². The number of piperazine rings is 1. The minimum absolute atomic E-state index is 0.310. The van der Waals surface area contributed by atoms with E-state index in [0.29, 0.717) is 11.9 Å². The molecule has 1 amide bonds. The van der Waals surface area contributed by atoms with Crippen molar-refractivity contribution >= 4 is 5.91 Å². The van der Waals surface area contributed by atoms with Crippen LogP contribution in [0.2, 0.25) is 0 Å². The highest BCUT2D eigenvalue weighted by atomic mass is 16.2. The van der Waals surface area contributed by atoms with Crippen molar-refractivity contribution in [2.45, 2.75) is 18.9 Å². The summed E-state index contributed by atoms with van der Waals surface area (Å²) in [5.74, 6) is 0.310. The summed E-state index contributed by atoms with van der Waals surface area (Å²) >= 11 is 0. The molecule has 0 aromatic carbocycles. The Hall–Kier alpha value is -0.610. The predicted octanol–water partition coefficient (Wildman–Crippen LogP) is -0.145. The second-order valence-corrected chi connectivity index (χ2v) is 4.80. The lowest BCUT2D eigenvalue weighted by molar-refractivity contribution is -0.134. The number of hydrogen-bond acceptors (Lipinski definition) is 3. The molecule has 2 heterocycles.